The maximum atomic E-state index is 10.6. The van der Waals surface area contributed by atoms with E-state index in [2.05, 4.69) is 25.3 Å². The molecule has 0 unspecified atom stereocenters. The number of hydrogen-bond acceptors (Lipinski definition) is 3. The first-order valence-electron chi connectivity index (χ1n) is 12.6. The van der Waals surface area contributed by atoms with Crippen LogP contribution in [0.1, 0.15) is 71.6 Å². The molecule has 0 bridgehead atoms. The molecule has 1 saturated heterocycles. The lowest BCUT2D eigenvalue weighted by molar-refractivity contribution is -0.0980. The molecule has 3 nitrogen and oxygen atoms in total. The molecule has 164 valence electrons. The lowest BCUT2D eigenvalue weighted by Crippen LogP contribution is -2.50. The van der Waals surface area contributed by atoms with E-state index in [1.807, 2.05) is 0 Å². The van der Waals surface area contributed by atoms with E-state index < -0.39 is 5.60 Å². The maximum Gasteiger partial charge on any atom is 0.0622 e. The average Bonchev–Trinajstić information content (AvgIpc) is 3.05. The van der Waals surface area contributed by atoms with E-state index in [0.29, 0.717) is 5.41 Å². The van der Waals surface area contributed by atoms with Gasteiger partial charge >= 0.3 is 0 Å². The number of nitrogens with zero attached hydrogens (tertiary/aromatic N) is 1. The van der Waals surface area contributed by atoms with Crippen LogP contribution in [-0.4, -0.2) is 48.5 Å². The van der Waals surface area contributed by atoms with Crippen molar-refractivity contribution in [1.29, 1.82) is 0 Å². The van der Waals surface area contributed by atoms with E-state index in [-0.39, 0.29) is 0 Å². The monoisotopic (exact) mass is 401 g/mol. The van der Waals surface area contributed by atoms with Crippen LogP contribution in [0.4, 0.5) is 0 Å². The lowest BCUT2D eigenvalue weighted by atomic mass is 9.49. The van der Waals surface area contributed by atoms with Crippen molar-refractivity contribution in [1.82, 2.24) is 4.90 Å². The minimum atomic E-state index is -0.396. The van der Waals surface area contributed by atoms with Gasteiger partial charge in [-0.15, -0.1) is 0 Å². The molecule has 5 fully saturated rings. The van der Waals surface area contributed by atoms with Crippen LogP contribution < -0.4 is 0 Å². The van der Waals surface area contributed by atoms with Crippen molar-refractivity contribution in [2.75, 3.05) is 32.8 Å². The predicted octanol–water partition coefficient (Wildman–Crippen LogP) is 4.89. The zero-order valence-electron chi connectivity index (χ0n) is 18.9. The zero-order valence-corrected chi connectivity index (χ0v) is 18.9. The first kappa shape index (κ1) is 20.5. The zero-order chi connectivity index (χ0) is 20.2. The Hall–Kier alpha value is -0.380. The Bertz CT molecular complexity index is 624. The van der Waals surface area contributed by atoms with Gasteiger partial charge in [0.1, 0.15) is 0 Å². The molecule has 1 heterocycles. The second-order valence-corrected chi connectivity index (χ2v) is 11.9. The number of aliphatic hydroxyl groups is 1. The van der Waals surface area contributed by atoms with Gasteiger partial charge in [0.15, 0.2) is 0 Å². The summed E-state index contributed by atoms with van der Waals surface area (Å²) in [6.45, 7) is 14.4. The molecule has 3 heteroatoms. The van der Waals surface area contributed by atoms with Crippen LogP contribution in [0.5, 0.6) is 0 Å². The topological polar surface area (TPSA) is 32.7 Å². The second kappa shape index (κ2) is 7.64. The summed E-state index contributed by atoms with van der Waals surface area (Å²) in [5.41, 5.74) is 1.60. The summed E-state index contributed by atoms with van der Waals surface area (Å²) < 4.78 is 5.54. The van der Waals surface area contributed by atoms with Crippen LogP contribution in [0.3, 0.4) is 0 Å². The molecule has 0 aromatic heterocycles. The Balaban J connectivity index is 1.28. The first-order valence-corrected chi connectivity index (χ1v) is 12.6. The standard InChI is InChI=1S/C26H43NO2/c1-18(17-27-12-14-29-15-13-27)23-6-7-24-22-5-4-19-16-25(2,28)10-8-20(19)21(22)9-11-26(23,24)3/h19-24,28H,1,4-17H2,2-3H3/t19-,20-,21+,22+,23+,24-,25+,26+/m0/s1. The van der Waals surface area contributed by atoms with Gasteiger partial charge in [0.25, 0.3) is 0 Å². The fourth-order valence-electron chi connectivity index (χ4n) is 8.91. The predicted molar refractivity (Wildman–Crippen MR) is 118 cm³/mol. The van der Waals surface area contributed by atoms with Crippen LogP contribution in [0.2, 0.25) is 0 Å². The van der Waals surface area contributed by atoms with Crippen molar-refractivity contribution in [3.05, 3.63) is 12.2 Å². The van der Waals surface area contributed by atoms with Crippen LogP contribution >= 0.6 is 0 Å². The second-order valence-electron chi connectivity index (χ2n) is 11.9. The van der Waals surface area contributed by atoms with Gasteiger partial charge < -0.3 is 9.84 Å². The third-order valence-electron chi connectivity index (χ3n) is 10.3. The molecule has 29 heavy (non-hydrogen) atoms. The van der Waals surface area contributed by atoms with E-state index in [9.17, 15) is 5.11 Å². The van der Waals surface area contributed by atoms with Gasteiger partial charge in [-0.3, -0.25) is 4.90 Å². The summed E-state index contributed by atoms with van der Waals surface area (Å²) in [5, 5.41) is 10.6. The summed E-state index contributed by atoms with van der Waals surface area (Å²) in [4.78, 5) is 2.56. The third kappa shape index (κ3) is 3.64. The van der Waals surface area contributed by atoms with Gasteiger partial charge in [0, 0.05) is 19.6 Å². The Labute approximate surface area is 178 Å². The number of ether oxygens (including phenoxy) is 1. The molecule has 1 N–H and O–H groups in total. The number of rotatable bonds is 3. The molecule has 1 aliphatic heterocycles. The van der Waals surface area contributed by atoms with E-state index in [4.69, 9.17) is 4.74 Å². The minimum absolute atomic E-state index is 0.396. The van der Waals surface area contributed by atoms with Crippen molar-refractivity contribution < 1.29 is 9.84 Å². The van der Waals surface area contributed by atoms with Crippen molar-refractivity contribution in [2.24, 2.45) is 40.9 Å². The quantitative estimate of drug-likeness (QED) is 0.683. The van der Waals surface area contributed by atoms with Crippen LogP contribution in [0.25, 0.3) is 0 Å². The molecular formula is C26H43NO2. The number of fused-ring (bicyclic) bond motifs is 5. The van der Waals surface area contributed by atoms with E-state index in [0.717, 1.165) is 81.2 Å². The molecule has 0 spiro atoms. The molecule has 0 amide bonds. The molecular weight excluding hydrogens is 358 g/mol. The van der Waals surface area contributed by atoms with Crippen molar-refractivity contribution in [3.63, 3.8) is 0 Å². The Morgan fingerprint density at radius 3 is 2.52 bits per heavy atom. The van der Waals surface area contributed by atoms with Gasteiger partial charge in [0.05, 0.1) is 18.8 Å². The summed E-state index contributed by atoms with van der Waals surface area (Å²) >= 11 is 0. The normalized spacial score (nSPS) is 50.4. The Morgan fingerprint density at radius 2 is 1.72 bits per heavy atom. The number of morpholine rings is 1. The molecule has 0 radical (unpaired) electrons. The molecule has 4 saturated carbocycles. The lowest BCUT2D eigenvalue weighted by Gasteiger charge is -2.57. The van der Waals surface area contributed by atoms with Gasteiger partial charge in [0.2, 0.25) is 0 Å². The highest BCUT2D eigenvalue weighted by Crippen LogP contribution is 2.65. The molecule has 5 aliphatic rings. The molecule has 4 aliphatic carbocycles. The van der Waals surface area contributed by atoms with Crippen molar-refractivity contribution in [2.45, 2.75) is 77.2 Å². The Morgan fingerprint density at radius 1 is 0.966 bits per heavy atom. The van der Waals surface area contributed by atoms with Crippen molar-refractivity contribution in [3.8, 4) is 0 Å². The van der Waals surface area contributed by atoms with Gasteiger partial charge in [-0.05, 0) is 106 Å². The maximum absolute atomic E-state index is 10.6. The van der Waals surface area contributed by atoms with E-state index >= 15 is 0 Å². The molecule has 8 atom stereocenters. The van der Waals surface area contributed by atoms with Crippen LogP contribution in [0, 0.1) is 40.9 Å². The summed E-state index contributed by atoms with van der Waals surface area (Å²) in [6.07, 6.45) is 11.8. The SMILES string of the molecule is C=C(CN1CCOCC1)[C@H]1CC[C@H]2[C@@H]3CC[C@H]4C[C@](C)(O)CC[C@@H]4[C@H]3CC[C@]12C. The highest BCUT2D eigenvalue weighted by Gasteiger charge is 2.57. The fourth-order valence-corrected chi connectivity index (χ4v) is 8.91. The smallest absolute Gasteiger partial charge is 0.0622 e. The summed E-state index contributed by atoms with van der Waals surface area (Å²) in [7, 11) is 0. The summed E-state index contributed by atoms with van der Waals surface area (Å²) in [5.74, 6) is 5.21. The fraction of sp³-hybridized carbons (Fsp3) is 0.923. The average molecular weight is 402 g/mol. The summed E-state index contributed by atoms with van der Waals surface area (Å²) in [6, 6.07) is 0. The number of hydrogen-bond donors (Lipinski definition) is 1. The van der Waals surface area contributed by atoms with Gasteiger partial charge in [-0.2, -0.15) is 0 Å². The highest BCUT2D eigenvalue weighted by molar-refractivity contribution is 5.16. The molecule has 0 aromatic rings. The minimum Gasteiger partial charge on any atom is -0.390 e. The molecule has 0 aromatic carbocycles. The largest absolute Gasteiger partial charge is 0.390 e. The highest BCUT2D eigenvalue weighted by atomic mass is 16.5. The van der Waals surface area contributed by atoms with E-state index in [1.54, 1.807) is 0 Å². The van der Waals surface area contributed by atoms with Crippen molar-refractivity contribution >= 4 is 0 Å². The van der Waals surface area contributed by atoms with Gasteiger partial charge in [-0.25, -0.2) is 0 Å². The van der Waals surface area contributed by atoms with Gasteiger partial charge in [-0.1, -0.05) is 19.1 Å². The first-order chi connectivity index (χ1) is 13.9. The van der Waals surface area contributed by atoms with E-state index in [1.165, 1.54) is 50.5 Å². The Kier molecular flexibility index (Phi) is 5.40. The van der Waals surface area contributed by atoms with Crippen LogP contribution in [0.15, 0.2) is 12.2 Å². The molecule has 5 rings (SSSR count). The third-order valence-corrected chi connectivity index (χ3v) is 10.3. The van der Waals surface area contributed by atoms with Crippen LogP contribution in [-0.2, 0) is 4.74 Å².